The third kappa shape index (κ3) is 5.22. The summed E-state index contributed by atoms with van der Waals surface area (Å²) in [6, 6.07) is 29.8. The summed E-state index contributed by atoms with van der Waals surface area (Å²) in [5.74, 6) is 0.666. The fraction of sp³-hybridized carbons (Fsp3) is 0.161. The number of hydrogen-bond donors (Lipinski definition) is 0. The van der Waals surface area contributed by atoms with Gasteiger partial charge in [0.2, 0.25) is 11.7 Å². The molecule has 0 spiro atoms. The number of piperazine rings is 1. The van der Waals surface area contributed by atoms with Crippen LogP contribution in [0.25, 0.3) is 5.65 Å². The van der Waals surface area contributed by atoms with Crippen LogP contribution in [0, 0.1) is 0 Å². The second-order valence-corrected chi connectivity index (χ2v) is 9.35. The van der Waals surface area contributed by atoms with Gasteiger partial charge in [-0.25, -0.2) is 4.98 Å². The Hall–Kier alpha value is -4.98. The molecule has 0 bridgehead atoms. The number of benzene rings is 2. The number of anilines is 2. The van der Waals surface area contributed by atoms with Crippen molar-refractivity contribution in [2.75, 3.05) is 36.0 Å². The molecule has 0 radical (unpaired) electrons. The van der Waals surface area contributed by atoms with E-state index in [1.807, 2.05) is 42.5 Å². The average molecular weight is 518 g/mol. The Morgan fingerprint density at radius 3 is 2.21 bits per heavy atom. The Morgan fingerprint density at radius 1 is 0.795 bits per heavy atom. The van der Waals surface area contributed by atoms with Crippen LogP contribution in [0.1, 0.15) is 22.0 Å². The first kappa shape index (κ1) is 24.4. The highest BCUT2D eigenvalue weighted by Crippen LogP contribution is 2.26. The molecule has 0 saturated carbocycles. The van der Waals surface area contributed by atoms with Crippen LogP contribution in [0.5, 0.6) is 5.88 Å². The summed E-state index contributed by atoms with van der Waals surface area (Å²) in [5.41, 5.74) is 2.47. The van der Waals surface area contributed by atoms with Crippen molar-refractivity contribution in [3.8, 4) is 5.88 Å². The number of ether oxygens (including phenoxy) is 1. The van der Waals surface area contributed by atoms with Crippen molar-refractivity contribution in [2.24, 2.45) is 0 Å². The van der Waals surface area contributed by atoms with E-state index in [2.05, 4.69) is 44.0 Å². The van der Waals surface area contributed by atoms with Crippen molar-refractivity contribution in [3.05, 3.63) is 131 Å². The molecule has 8 heteroatoms. The molecule has 0 aliphatic carbocycles. The number of Topliss-reactive ketones (excluding diaryl/α,β-unsaturated/α-hetero) is 1. The number of hydrogen-bond acceptors (Lipinski definition) is 7. The fourth-order valence-electron chi connectivity index (χ4n) is 4.82. The zero-order valence-electron chi connectivity index (χ0n) is 21.3. The first-order chi connectivity index (χ1) is 19.2. The third-order valence-corrected chi connectivity index (χ3v) is 6.88. The van der Waals surface area contributed by atoms with Crippen LogP contribution in [0.15, 0.2) is 114 Å². The zero-order chi connectivity index (χ0) is 26.6. The second kappa shape index (κ2) is 10.8. The molecule has 0 amide bonds. The molecule has 1 aliphatic rings. The maximum absolute atomic E-state index is 13.7. The van der Waals surface area contributed by atoms with Gasteiger partial charge in [0, 0.05) is 55.4 Å². The first-order valence-corrected chi connectivity index (χ1v) is 12.9. The summed E-state index contributed by atoms with van der Waals surface area (Å²) in [4.78, 5) is 39.9. The van der Waals surface area contributed by atoms with Crippen molar-refractivity contribution in [3.63, 3.8) is 0 Å². The molecule has 3 aromatic heterocycles. The van der Waals surface area contributed by atoms with Crippen molar-refractivity contribution in [1.82, 2.24) is 14.4 Å². The molecule has 6 rings (SSSR count). The van der Waals surface area contributed by atoms with Gasteiger partial charge < -0.3 is 14.5 Å². The largest absolute Gasteiger partial charge is 0.461 e. The number of rotatable bonds is 7. The van der Waals surface area contributed by atoms with Gasteiger partial charge in [0.05, 0.1) is 6.07 Å². The summed E-state index contributed by atoms with van der Waals surface area (Å²) in [6.45, 7) is 3.48. The predicted molar refractivity (Wildman–Crippen MR) is 151 cm³/mol. The lowest BCUT2D eigenvalue weighted by molar-refractivity contribution is 0.0784. The Bertz CT molecular complexity index is 1630. The van der Waals surface area contributed by atoms with Crippen LogP contribution < -0.4 is 20.1 Å². The minimum atomic E-state index is -0.980. The Kier molecular flexibility index (Phi) is 6.74. The van der Waals surface area contributed by atoms with Crippen molar-refractivity contribution < 1.29 is 9.53 Å². The molecule has 1 unspecified atom stereocenters. The maximum Gasteiger partial charge on any atom is 0.261 e. The molecule has 1 aliphatic heterocycles. The number of ketones is 1. The standard InChI is InChI=1S/C31H27N5O3/c37-29-21-28(33-27-13-7-8-16-36(27)29)39-31(23-9-3-1-4-10-23)30(38)24-14-15-26(32-22-24)35-19-17-34(18-20-35)25-11-5-2-6-12-25/h1-16,21-22,31H,17-20H2. The summed E-state index contributed by atoms with van der Waals surface area (Å²) in [5, 5.41) is 0. The highest BCUT2D eigenvalue weighted by atomic mass is 16.5. The number of carbonyl (C=O) groups excluding carboxylic acids is 1. The van der Waals surface area contributed by atoms with Crippen molar-refractivity contribution in [2.45, 2.75) is 6.10 Å². The van der Waals surface area contributed by atoms with E-state index in [-0.39, 0.29) is 17.2 Å². The van der Waals surface area contributed by atoms with Gasteiger partial charge in [-0.2, -0.15) is 4.98 Å². The lowest BCUT2D eigenvalue weighted by Gasteiger charge is -2.36. The van der Waals surface area contributed by atoms with Crippen molar-refractivity contribution in [1.29, 1.82) is 0 Å². The number of aromatic nitrogens is 3. The van der Waals surface area contributed by atoms with E-state index in [0.29, 0.717) is 16.8 Å². The molecule has 4 heterocycles. The highest BCUT2D eigenvalue weighted by Gasteiger charge is 2.26. The van der Waals surface area contributed by atoms with Gasteiger partial charge in [0.25, 0.3) is 5.56 Å². The van der Waals surface area contributed by atoms with E-state index < -0.39 is 6.10 Å². The van der Waals surface area contributed by atoms with E-state index in [1.54, 1.807) is 36.7 Å². The Labute approximate surface area is 225 Å². The molecular weight excluding hydrogens is 490 g/mol. The molecule has 1 atom stereocenters. The minimum Gasteiger partial charge on any atom is -0.461 e. The van der Waals surface area contributed by atoms with Gasteiger partial charge in [-0.05, 0) is 36.4 Å². The number of nitrogens with zero attached hydrogens (tertiary/aromatic N) is 5. The van der Waals surface area contributed by atoms with E-state index in [1.165, 1.54) is 16.2 Å². The van der Waals surface area contributed by atoms with E-state index >= 15 is 0 Å². The van der Waals surface area contributed by atoms with Crippen LogP contribution >= 0.6 is 0 Å². The lowest BCUT2D eigenvalue weighted by Crippen LogP contribution is -2.46. The van der Waals surface area contributed by atoms with Gasteiger partial charge in [-0.15, -0.1) is 0 Å². The van der Waals surface area contributed by atoms with Crippen LogP contribution in [0.4, 0.5) is 11.5 Å². The molecule has 2 aromatic carbocycles. The minimum absolute atomic E-state index is 0.0919. The van der Waals surface area contributed by atoms with Crippen LogP contribution in [0.2, 0.25) is 0 Å². The highest BCUT2D eigenvalue weighted by molar-refractivity contribution is 6.00. The normalized spacial score (nSPS) is 14.3. The fourth-order valence-corrected chi connectivity index (χ4v) is 4.82. The monoisotopic (exact) mass is 517 g/mol. The predicted octanol–water partition coefficient (Wildman–Crippen LogP) is 4.42. The molecule has 5 aromatic rings. The zero-order valence-corrected chi connectivity index (χ0v) is 21.3. The van der Waals surface area contributed by atoms with Crippen LogP contribution in [-0.2, 0) is 0 Å². The molecule has 194 valence electrons. The molecule has 0 N–H and O–H groups in total. The molecule has 39 heavy (non-hydrogen) atoms. The van der Waals surface area contributed by atoms with Crippen LogP contribution in [-0.4, -0.2) is 46.3 Å². The third-order valence-electron chi connectivity index (χ3n) is 6.88. The number of carbonyl (C=O) groups is 1. The van der Waals surface area contributed by atoms with Gasteiger partial charge >= 0.3 is 0 Å². The molecule has 1 fully saturated rings. The average Bonchev–Trinajstić information content (AvgIpc) is 3.01. The summed E-state index contributed by atoms with van der Waals surface area (Å²) in [6.07, 6.45) is 2.26. The van der Waals surface area contributed by atoms with Crippen molar-refractivity contribution >= 4 is 22.9 Å². The molecular formula is C31H27N5O3. The van der Waals surface area contributed by atoms with E-state index in [0.717, 1.165) is 32.0 Å². The van der Waals surface area contributed by atoms with Gasteiger partial charge in [-0.1, -0.05) is 54.6 Å². The van der Waals surface area contributed by atoms with E-state index in [4.69, 9.17) is 4.74 Å². The Morgan fingerprint density at radius 2 is 1.49 bits per heavy atom. The SMILES string of the molecule is O=C(c1ccc(N2CCN(c3ccccc3)CC2)nc1)C(Oc1cc(=O)n2ccccc2n1)c1ccccc1. The topological polar surface area (TPSA) is 80.0 Å². The quantitative estimate of drug-likeness (QED) is 0.296. The Balaban J connectivity index is 1.21. The number of para-hydroxylation sites is 1. The smallest absolute Gasteiger partial charge is 0.261 e. The summed E-state index contributed by atoms with van der Waals surface area (Å²) in [7, 11) is 0. The second-order valence-electron chi connectivity index (χ2n) is 9.35. The lowest BCUT2D eigenvalue weighted by atomic mass is 10.0. The molecule has 1 saturated heterocycles. The summed E-state index contributed by atoms with van der Waals surface area (Å²) < 4.78 is 7.51. The number of pyridine rings is 2. The van der Waals surface area contributed by atoms with Gasteiger partial charge in [0.15, 0.2) is 6.10 Å². The molecule has 8 nitrogen and oxygen atoms in total. The van der Waals surface area contributed by atoms with Gasteiger partial charge in [-0.3, -0.25) is 14.0 Å². The first-order valence-electron chi connectivity index (χ1n) is 12.9. The number of fused-ring (bicyclic) bond motifs is 1. The summed E-state index contributed by atoms with van der Waals surface area (Å²) >= 11 is 0. The van der Waals surface area contributed by atoms with E-state index in [9.17, 15) is 9.59 Å². The van der Waals surface area contributed by atoms with Crippen LogP contribution in [0.3, 0.4) is 0 Å². The maximum atomic E-state index is 13.7. The van der Waals surface area contributed by atoms with Gasteiger partial charge in [0.1, 0.15) is 11.5 Å².